The minimum atomic E-state index is -0.326. The highest BCUT2D eigenvalue weighted by Crippen LogP contribution is 2.47. The molecular formula is C31H36N2O3. The van der Waals surface area contributed by atoms with Gasteiger partial charge in [-0.25, -0.2) is 0 Å². The van der Waals surface area contributed by atoms with Crippen LogP contribution in [0.3, 0.4) is 0 Å². The van der Waals surface area contributed by atoms with Crippen molar-refractivity contribution >= 4 is 16.8 Å². The third kappa shape index (κ3) is 4.80. The Hall–Kier alpha value is -3.44. The number of phenolic OH excluding ortho intramolecular Hbond substituents is 2. The number of aromatic hydroxyl groups is 2. The molecule has 3 aromatic carbocycles. The lowest BCUT2D eigenvalue weighted by molar-refractivity contribution is 0.254. The van der Waals surface area contributed by atoms with E-state index in [4.69, 9.17) is 4.74 Å². The molecule has 0 bridgehead atoms. The molecule has 3 aromatic rings. The monoisotopic (exact) mass is 484 g/mol. The lowest BCUT2D eigenvalue weighted by atomic mass is 9.86. The highest BCUT2D eigenvalue weighted by Gasteiger charge is 2.30. The van der Waals surface area contributed by atoms with Crippen LogP contribution in [-0.4, -0.2) is 47.8 Å². The summed E-state index contributed by atoms with van der Waals surface area (Å²) in [4.78, 5) is 4.92. The zero-order valence-corrected chi connectivity index (χ0v) is 21.6. The number of rotatable bonds is 6. The Morgan fingerprint density at radius 3 is 2.47 bits per heavy atom. The highest BCUT2D eigenvalue weighted by molar-refractivity contribution is 5.95. The number of hydrogen-bond donors (Lipinski definition) is 2. The second kappa shape index (κ2) is 9.90. The summed E-state index contributed by atoms with van der Waals surface area (Å²) in [5.41, 5.74) is 6.01. The Morgan fingerprint density at radius 2 is 1.78 bits per heavy atom. The molecule has 0 aliphatic carbocycles. The van der Waals surface area contributed by atoms with Gasteiger partial charge < -0.3 is 19.8 Å². The molecule has 5 rings (SSSR count). The first kappa shape index (κ1) is 24.3. The van der Waals surface area contributed by atoms with Gasteiger partial charge in [0.15, 0.2) is 0 Å². The van der Waals surface area contributed by atoms with Crippen molar-refractivity contribution in [3.63, 3.8) is 0 Å². The zero-order valence-electron chi connectivity index (χ0n) is 21.6. The van der Waals surface area contributed by atoms with Crippen molar-refractivity contribution in [2.45, 2.75) is 39.3 Å². The minimum absolute atomic E-state index is 0.204. The zero-order chi connectivity index (χ0) is 25.4. The summed E-state index contributed by atoms with van der Waals surface area (Å²) in [7, 11) is 2.16. The van der Waals surface area contributed by atoms with Gasteiger partial charge in [0.25, 0.3) is 0 Å². The van der Waals surface area contributed by atoms with E-state index >= 15 is 0 Å². The lowest BCUT2D eigenvalue weighted by Crippen LogP contribution is -2.39. The second-order valence-corrected chi connectivity index (χ2v) is 10.5. The predicted molar refractivity (Wildman–Crippen MR) is 147 cm³/mol. The highest BCUT2D eigenvalue weighted by atomic mass is 16.5. The normalized spacial score (nSPS) is 20.7. The summed E-state index contributed by atoms with van der Waals surface area (Å²) in [5.74, 6) is 1.95. The molecule has 2 heterocycles. The minimum Gasteiger partial charge on any atom is -0.508 e. The Kier molecular flexibility index (Phi) is 6.67. The molecule has 1 fully saturated rings. The van der Waals surface area contributed by atoms with Crippen molar-refractivity contribution in [1.29, 1.82) is 0 Å². The summed E-state index contributed by atoms with van der Waals surface area (Å²) < 4.78 is 6.52. The molecule has 2 aliphatic heterocycles. The van der Waals surface area contributed by atoms with E-state index < -0.39 is 0 Å². The van der Waals surface area contributed by atoms with Gasteiger partial charge in [-0.3, -0.25) is 4.90 Å². The van der Waals surface area contributed by atoms with E-state index in [1.54, 1.807) is 24.3 Å². The quantitative estimate of drug-likeness (QED) is 0.428. The molecule has 0 spiro atoms. The number of likely N-dealkylation sites (N-methyl/N-ethyl adjacent to an activating group) is 1. The van der Waals surface area contributed by atoms with Gasteiger partial charge in [-0.2, -0.15) is 0 Å². The Bertz CT molecular complexity index is 1270. The van der Waals surface area contributed by atoms with Gasteiger partial charge in [-0.15, -0.1) is 0 Å². The number of likely N-dealkylation sites (tertiary alicyclic amines) is 1. The van der Waals surface area contributed by atoms with Crippen LogP contribution in [0.1, 0.15) is 50.0 Å². The molecule has 0 radical (unpaired) electrons. The van der Waals surface area contributed by atoms with E-state index in [1.165, 1.54) is 25.2 Å². The fourth-order valence-electron chi connectivity index (χ4n) is 5.61. The number of fused-ring (bicyclic) bond motifs is 1. The molecule has 36 heavy (non-hydrogen) atoms. The molecule has 5 heteroatoms. The van der Waals surface area contributed by atoms with Crippen molar-refractivity contribution in [2.24, 2.45) is 5.92 Å². The van der Waals surface area contributed by atoms with Crippen LogP contribution in [0, 0.1) is 5.92 Å². The van der Waals surface area contributed by atoms with Crippen LogP contribution in [0.25, 0.3) is 11.1 Å². The molecule has 3 unspecified atom stereocenters. The summed E-state index contributed by atoms with van der Waals surface area (Å²) in [6.07, 6.45) is 0.967. The molecule has 188 valence electrons. The Morgan fingerprint density at radius 1 is 1.03 bits per heavy atom. The number of allylic oxidation sites excluding steroid dienone is 1. The first-order valence-electron chi connectivity index (χ1n) is 12.9. The van der Waals surface area contributed by atoms with Crippen LogP contribution < -0.4 is 9.64 Å². The second-order valence-electron chi connectivity index (χ2n) is 10.5. The van der Waals surface area contributed by atoms with E-state index in [1.807, 2.05) is 18.2 Å². The van der Waals surface area contributed by atoms with E-state index in [9.17, 15) is 10.2 Å². The molecule has 0 amide bonds. The van der Waals surface area contributed by atoms with Crippen molar-refractivity contribution in [1.82, 2.24) is 4.90 Å². The van der Waals surface area contributed by atoms with Crippen molar-refractivity contribution in [2.75, 3.05) is 31.6 Å². The van der Waals surface area contributed by atoms with Gasteiger partial charge in [0.1, 0.15) is 23.4 Å². The van der Waals surface area contributed by atoms with Crippen molar-refractivity contribution < 1.29 is 14.9 Å². The topological polar surface area (TPSA) is 56.2 Å². The van der Waals surface area contributed by atoms with Crippen LogP contribution in [0.2, 0.25) is 0 Å². The van der Waals surface area contributed by atoms with Crippen LogP contribution >= 0.6 is 0 Å². The smallest absolute Gasteiger partial charge is 0.150 e. The number of ether oxygens (including phenoxy) is 1. The standard InChI is InChI=1S/C31H36N2O3/c1-20-14-15-33(18-20)21(2)19-32(4)25-10-8-23(9-11-25)31-30(24-6-5-7-26(34)16-24)22(3)28-17-27(35)12-13-29(28)36-31/h5-13,16-17,20-21,31,34-35H,14-15,18-19H2,1-4H3. The molecule has 0 aromatic heterocycles. The molecule has 0 saturated carbocycles. The van der Waals surface area contributed by atoms with E-state index in [2.05, 4.69) is 61.9 Å². The average molecular weight is 485 g/mol. The molecular weight excluding hydrogens is 448 g/mol. The van der Waals surface area contributed by atoms with Crippen LogP contribution in [0.4, 0.5) is 5.69 Å². The third-order valence-electron chi connectivity index (χ3n) is 7.69. The number of nitrogens with zero attached hydrogens (tertiary/aromatic N) is 2. The average Bonchev–Trinajstić information content (AvgIpc) is 3.31. The number of hydrogen-bond acceptors (Lipinski definition) is 5. The fraction of sp³-hybridized carbons (Fsp3) is 0.355. The maximum Gasteiger partial charge on any atom is 0.150 e. The molecule has 2 aliphatic rings. The van der Waals surface area contributed by atoms with E-state index in [0.29, 0.717) is 6.04 Å². The van der Waals surface area contributed by atoms with Crippen LogP contribution in [-0.2, 0) is 0 Å². The van der Waals surface area contributed by atoms with Gasteiger partial charge >= 0.3 is 0 Å². The summed E-state index contributed by atoms with van der Waals surface area (Å²) >= 11 is 0. The van der Waals surface area contributed by atoms with Crippen LogP contribution in [0.5, 0.6) is 17.2 Å². The van der Waals surface area contributed by atoms with Crippen molar-refractivity contribution in [3.05, 3.63) is 83.4 Å². The summed E-state index contributed by atoms with van der Waals surface area (Å²) in [6.45, 7) is 10.1. The fourth-order valence-corrected chi connectivity index (χ4v) is 5.61. The van der Waals surface area contributed by atoms with E-state index in [-0.39, 0.29) is 17.6 Å². The van der Waals surface area contributed by atoms with Gasteiger partial charge in [0, 0.05) is 43.0 Å². The van der Waals surface area contributed by atoms with Crippen molar-refractivity contribution in [3.8, 4) is 17.2 Å². The number of phenols is 2. The molecule has 2 N–H and O–H groups in total. The maximum atomic E-state index is 10.2. The third-order valence-corrected chi connectivity index (χ3v) is 7.69. The molecule has 3 atom stereocenters. The Labute approximate surface area is 214 Å². The maximum absolute atomic E-state index is 10.2. The van der Waals surface area contributed by atoms with Crippen LogP contribution in [0.15, 0.2) is 66.7 Å². The largest absolute Gasteiger partial charge is 0.508 e. The van der Waals surface area contributed by atoms with Gasteiger partial charge in [0.05, 0.1) is 0 Å². The van der Waals surface area contributed by atoms with Gasteiger partial charge in [0.2, 0.25) is 0 Å². The van der Waals surface area contributed by atoms with E-state index in [0.717, 1.165) is 46.0 Å². The van der Waals surface area contributed by atoms with Gasteiger partial charge in [-0.05, 0) is 91.9 Å². The SMILES string of the molecule is CC1=C(c2cccc(O)c2)C(c2ccc(N(C)CC(C)N3CCC(C)C3)cc2)Oc2ccc(O)cc21. The summed E-state index contributed by atoms with van der Waals surface area (Å²) in [6, 6.07) is 21.6. The number of benzene rings is 3. The number of anilines is 1. The molecule has 1 saturated heterocycles. The van der Waals surface area contributed by atoms with Gasteiger partial charge in [-0.1, -0.05) is 31.2 Å². The Balaban J connectivity index is 1.43. The lowest BCUT2D eigenvalue weighted by Gasteiger charge is -2.32. The first-order valence-corrected chi connectivity index (χ1v) is 12.9. The molecule has 5 nitrogen and oxygen atoms in total. The first-order chi connectivity index (χ1) is 17.3. The predicted octanol–water partition coefficient (Wildman–Crippen LogP) is 6.33. The summed E-state index contributed by atoms with van der Waals surface area (Å²) in [5, 5.41) is 20.3.